The quantitative estimate of drug-likeness (QED) is 0.352. The smallest absolute Gasteiger partial charge is 0.271 e. The molecule has 132 valence electrons. The molecule has 0 saturated heterocycles. The highest BCUT2D eigenvalue weighted by Crippen LogP contribution is 2.22. The summed E-state index contributed by atoms with van der Waals surface area (Å²) in [5, 5.41) is 22.6. The molecule has 1 amide bonds. The Balaban J connectivity index is 2.24. The molecule has 1 N–H and O–H groups in total. The second-order valence-electron chi connectivity index (χ2n) is 5.32. The molecule has 0 spiro atoms. The van der Waals surface area contributed by atoms with Crippen molar-refractivity contribution >= 4 is 23.4 Å². The van der Waals surface area contributed by atoms with E-state index < -0.39 is 10.8 Å². The number of carbonyl (C=O) groups is 1. The van der Waals surface area contributed by atoms with Crippen LogP contribution in [0.1, 0.15) is 18.9 Å². The summed E-state index contributed by atoms with van der Waals surface area (Å²) < 4.78 is 5.61. The van der Waals surface area contributed by atoms with Crippen molar-refractivity contribution in [1.29, 1.82) is 5.26 Å². The summed E-state index contributed by atoms with van der Waals surface area (Å²) in [6, 6.07) is 14.4. The Morgan fingerprint density at radius 3 is 2.77 bits per heavy atom. The molecule has 2 rings (SSSR count). The largest absolute Gasteiger partial charge is 0.493 e. The second-order valence-corrected chi connectivity index (χ2v) is 5.32. The number of non-ortho nitro benzene ring substituents is 1. The number of nitrogens with zero attached hydrogens (tertiary/aromatic N) is 2. The third-order valence-corrected chi connectivity index (χ3v) is 3.36. The van der Waals surface area contributed by atoms with Crippen LogP contribution in [0.5, 0.6) is 5.75 Å². The number of hydrogen-bond donors (Lipinski definition) is 1. The van der Waals surface area contributed by atoms with E-state index >= 15 is 0 Å². The van der Waals surface area contributed by atoms with E-state index in [1.165, 1.54) is 30.3 Å². The lowest BCUT2D eigenvalue weighted by Crippen LogP contribution is -2.13. The molecule has 0 aliphatic carbocycles. The van der Waals surface area contributed by atoms with E-state index in [1.807, 2.05) is 13.0 Å². The molecule has 7 heteroatoms. The molecule has 0 radical (unpaired) electrons. The molecule has 0 aromatic heterocycles. The fraction of sp³-hybridized carbons (Fsp3) is 0.158. The number of nitro groups is 1. The van der Waals surface area contributed by atoms with Crippen LogP contribution < -0.4 is 10.1 Å². The van der Waals surface area contributed by atoms with Crippen molar-refractivity contribution in [3.05, 3.63) is 69.8 Å². The maximum Gasteiger partial charge on any atom is 0.271 e. The van der Waals surface area contributed by atoms with Gasteiger partial charge in [0.05, 0.1) is 11.5 Å². The molecule has 0 aliphatic heterocycles. The molecule has 0 unspecified atom stereocenters. The van der Waals surface area contributed by atoms with Gasteiger partial charge in [0, 0.05) is 23.4 Å². The Kier molecular flexibility index (Phi) is 6.46. The molecule has 0 heterocycles. The number of ether oxygens (including phenoxy) is 1. The highest BCUT2D eigenvalue weighted by atomic mass is 16.6. The SMILES string of the molecule is CCCOc1ccccc1/C=C(\C#N)C(=O)Nc1cccc([N+](=O)[O-])c1. The molecule has 7 nitrogen and oxygen atoms in total. The zero-order valence-electron chi connectivity index (χ0n) is 14.1. The number of hydrogen-bond acceptors (Lipinski definition) is 5. The third-order valence-electron chi connectivity index (χ3n) is 3.36. The van der Waals surface area contributed by atoms with Gasteiger partial charge in [-0.2, -0.15) is 5.26 Å². The average molecular weight is 351 g/mol. The first-order valence-electron chi connectivity index (χ1n) is 7.94. The maximum absolute atomic E-state index is 12.3. The van der Waals surface area contributed by atoms with Gasteiger partial charge in [-0.25, -0.2) is 0 Å². The number of anilines is 1. The van der Waals surface area contributed by atoms with E-state index in [9.17, 15) is 20.2 Å². The van der Waals surface area contributed by atoms with Crippen LogP contribution in [-0.2, 0) is 4.79 Å². The number of nitrogens with one attached hydrogen (secondary N) is 1. The normalized spacial score (nSPS) is 10.7. The lowest BCUT2D eigenvalue weighted by atomic mass is 10.1. The molecular weight excluding hydrogens is 334 g/mol. The predicted octanol–water partition coefficient (Wildman–Crippen LogP) is 3.93. The summed E-state index contributed by atoms with van der Waals surface area (Å²) in [5.74, 6) is -0.0801. The first-order valence-corrected chi connectivity index (χ1v) is 7.94. The van der Waals surface area contributed by atoms with Gasteiger partial charge in [-0.05, 0) is 24.6 Å². The van der Waals surface area contributed by atoms with Gasteiger partial charge in [0.1, 0.15) is 17.4 Å². The Morgan fingerprint density at radius 2 is 2.08 bits per heavy atom. The van der Waals surface area contributed by atoms with Crippen molar-refractivity contribution in [2.75, 3.05) is 11.9 Å². The maximum atomic E-state index is 12.3. The lowest BCUT2D eigenvalue weighted by molar-refractivity contribution is -0.384. The van der Waals surface area contributed by atoms with Crippen molar-refractivity contribution in [1.82, 2.24) is 0 Å². The summed E-state index contributed by atoms with van der Waals surface area (Å²) in [5.41, 5.74) is 0.556. The molecule has 0 bridgehead atoms. The highest BCUT2D eigenvalue weighted by Gasteiger charge is 2.13. The summed E-state index contributed by atoms with van der Waals surface area (Å²) in [6.45, 7) is 2.50. The zero-order valence-corrected chi connectivity index (χ0v) is 14.1. The summed E-state index contributed by atoms with van der Waals surface area (Å²) in [7, 11) is 0. The first-order chi connectivity index (χ1) is 12.5. The number of nitro benzene ring substituents is 1. The zero-order chi connectivity index (χ0) is 18.9. The highest BCUT2D eigenvalue weighted by molar-refractivity contribution is 6.09. The van der Waals surface area contributed by atoms with Crippen molar-refractivity contribution < 1.29 is 14.5 Å². The monoisotopic (exact) mass is 351 g/mol. The van der Waals surface area contributed by atoms with Crippen LogP contribution in [0.4, 0.5) is 11.4 Å². The van der Waals surface area contributed by atoms with Gasteiger partial charge in [-0.1, -0.05) is 31.2 Å². The second kappa shape index (κ2) is 8.99. The van der Waals surface area contributed by atoms with Gasteiger partial charge in [-0.3, -0.25) is 14.9 Å². The standard InChI is InChI=1S/C19H17N3O4/c1-2-10-26-18-9-4-3-6-14(18)11-15(13-20)19(23)21-16-7-5-8-17(12-16)22(24)25/h3-9,11-12H,2,10H2,1H3,(H,21,23)/b15-11+. The minimum atomic E-state index is -0.654. The van der Waals surface area contributed by atoms with Crippen LogP contribution in [0.2, 0.25) is 0 Å². The summed E-state index contributed by atoms with van der Waals surface area (Å²) in [4.78, 5) is 22.6. The van der Waals surface area contributed by atoms with Gasteiger partial charge < -0.3 is 10.1 Å². The van der Waals surface area contributed by atoms with Crippen LogP contribution >= 0.6 is 0 Å². The molecule has 0 saturated carbocycles. The summed E-state index contributed by atoms with van der Waals surface area (Å²) >= 11 is 0. The fourth-order valence-electron chi connectivity index (χ4n) is 2.14. The third kappa shape index (κ3) is 4.92. The minimum Gasteiger partial charge on any atom is -0.493 e. The lowest BCUT2D eigenvalue weighted by Gasteiger charge is -2.09. The van der Waals surface area contributed by atoms with Gasteiger partial charge in [0.15, 0.2) is 0 Å². The molecule has 0 fully saturated rings. The van der Waals surface area contributed by atoms with Crippen molar-refractivity contribution in [2.24, 2.45) is 0 Å². The number of carbonyl (C=O) groups excluding carboxylic acids is 1. The van der Waals surface area contributed by atoms with Crippen molar-refractivity contribution in [3.8, 4) is 11.8 Å². The van der Waals surface area contributed by atoms with E-state index in [4.69, 9.17) is 4.74 Å². The van der Waals surface area contributed by atoms with Crippen LogP contribution in [0, 0.1) is 21.4 Å². The van der Waals surface area contributed by atoms with Gasteiger partial charge in [0.2, 0.25) is 0 Å². The number of nitriles is 1. The van der Waals surface area contributed by atoms with Crippen LogP contribution in [0.15, 0.2) is 54.1 Å². The molecular formula is C19H17N3O4. The first kappa shape index (κ1) is 18.7. The number of amides is 1. The van der Waals surface area contributed by atoms with Crippen LogP contribution in [0.3, 0.4) is 0 Å². The van der Waals surface area contributed by atoms with Crippen LogP contribution in [-0.4, -0.2) is 17.4 Å². The Bertz CT molecular complexity index is 884. The van der Waals surface area contributed by atoms with E-state index in [1.54, 1.807) is 24.3 Å². The Labute approximate surface area is 150 Å². The predicted molar refractivity (Wildman–Crippen MR) is 97.5 cm³/mol. The number of para-hydroxylation sites is 1. The molecule has 2 aromatic rings. The van der Waals surface area contributed by atoms with Crippen molar-refractivity contribution in [3.63, 3.8) is 0 Å². The molecule has 0 aliphatic rings. The van der Waals surface area contributed by atoms with E-state index in [-0.39, 0.29) is 16.9 Å². The van der Waals surface area contributed by atoms with Gasteiger partial charge >= 0.3 is 0 Å². The van der Waals surface area contributed by atoms with Gasteiger partial charge in [-0.15, -0.1) is 0 Å². The van der Waals surface area contributed by atoms with Gasteiger partial charge in [0.25, 0.3) is 11.6 Å². The molecule has 0 atom stereocenters. The molecule has 2 aromatic carbocycles. The molecule has 26 heavy (non-hydrogen) atoms. The Morgan fingerprint density at radius 1 is 1.31 bits per heavy atom. The number of benzene rings is 2. The topological polar surface area (TPSA) is 105 Å². The van der Waals surface area contributed by atoms with E-state index in [2.05, 4.69) is 5.32 Å². The minimum absolute atomic E-state index is 0.135. The van der Waals surface area contributed by atoms with Crippen LogP contribution in [0.25, 0.3) is 6.08 Å². The van der Waals surface area contributed by atoms with Crippen molar-refractivity contribution in [2.45, 2.75) is 13.3 Å². The van der Waals surface area contributed by atoms with E-state index in [0.717, 1.165) is 6.42 Å². The average Bonchev–Trinajstić information content (AvgIpc) is 2.65. The number of rotatable bonds is 7. The Hall–Kier alpha value is -3.66. The fourth-order valence-corrected chi connectivity index (χ4v) is 2.14. The summed E-state index contributed by atoms with van der Waals surface area (Å²) in [6.07, 6.45) is 2.26. The van der Waals surface area contributed by atoms with E-state index in [0.29, 0.717) is 17.9 Å².